The number of morpholine rings is 1. The van der Waals surface area contributed by atoms with Gasteiger partial charge in [0.05, 0.1) is 13.2 Å². The van der Waals surface area contributed by atoms with Crippen LogP contribution in [0, 0.1) is 0 Å². The zero-order chi connectivity index (χ0) is 21.3. The fourth-order valence-corrected chi connectivity index (χ4v) is 5.99. The van der Waals surface area contributed by atoms with E-state index in [0.29, 0.717) is 18.9 Å². The molecule has 2 N–H and O–H groups in total. The van der Waals surface area contributed by atoms with Crippen molar-refractivity contribution in [2.45, 2.75) is 23.1 Å². The van der Waals surface area contributed by atoms with Gasteiger partial charge in [0.25, 0.3) is 10.0 Å². The lowest BCUT2D eigenvalue weighted by Crippen LogP contribution is -2.36. The number of anilines is 3. The summed E-state index contributed by atoms with van der Waals surface area (Å²) >= 11 is 6.90. The van der Waals surface area contributed by atoms with Gasteiger partial charge < -0.3 is 15.0 Å². The minimum atomic E-state index is -3.74. The number of carbonyl (C=O) groups is 1. The molecule has 0 radical (unpaired) electrons. The summed E-state index contributed by atoms with van der Waals surface area (Å²) in [4.78, 5) is 20.1. The van der Waals surface area contributed by atoms with Crippen molar-refractivity contribution in [3.8, 4) is 0 Å². The van der Waals surface area contributed by atoms with Crippen molar-refractivity contribution in [3.63, 3.8) is 0 Å². The van der Waals surface area contributed by atoms with Crippen molar-refractivity contribution in [1.29, 1.82) is 0 Å². The lowest BCUT2D eigenvalue weighted by Gasteiger charge is -2.29. The van der Waals surface area contributed by atoms with Crippen LogP contribution in [0.15, 0.2) is 28.5 Å². The van der Waals surface area contributed by atoms with Gasteiger partial charge in [0.1, 0.15) is 0 Å². The number of thiazole rings is 1. The molecule has 2 heterocycles. The number of carbonyl (C=O) groups excluding carboxylic acids is 1. The summed E-state index contributed by atoms with van der Waals surface area (Å²) in [6.45, 7) is 3.07. The topological polar surface area (TPSA) is 104 Å². The van der Waals surface area contributed by atoms with Gasteiger partial charge in [-0.25, -0.2) is 22.9 Å². The van der Waals surface area contributed by atoms with Crippen LogP contribution in [0.1, 0.15) is 12.8 Å². The van der Waals surface area contributed by atoms with E-state index in [2.05, 4.69) is 19.9 Å². The number of nitrogens with one attached hydrogen (secondary N) is 2. The highest BCUT2D eigenvalue weighted by Gasteiger charge is 2.32. The summed E-state index contributed by atoms with van der Waals surface area (Å²) in [7, 11) is -2.23. The first-order valence-corrected chi connectivity index (χ1v) is 12.2. The van der Waals surface area contributed by atoms with Gasteiger partial charge in [-0.2, -0.15) is 0 Å². The molecule has 4 rings (SSSR count). The molecule has 1 aliphatic heterocycles. The molecule has 1 aromatic carbocycles. The molecule has 12 heteroatoms. The molecular formula is C18H22ClN5O4S2. The van der Waals surface area contributed by atoms with Gasteiger partial charge in [-0.05, 0) is 37.1 Å². The third kappa shape index (κ3) is 4.86. The molecule has 30 heavy (non-hydrogen) atoms. The number of sulfonamides is 1. The van der Waals surface area contributed by atoms with Crippen LogP contribution >= 0.6 is 22.9 Å². The SMILES string of the molecule is CN(C(=O)Nc1ccc(N2CCOCC2)cc1)c1nc(Cl)c(S(=O)(=O)NC2CC2)s1. The summed E-state index contributed by atoms with van der Waals surface area (Å²) in [6, 6.07) is 7.03. The molecule has 0 unspecified atom stereocenters. The Balaban J connectivity index is 1.41. The fraction of sp³-hybridized carbons (Fsp3) is 0.444. The molecule has 9 nitrogen and oxygen atoms in total. The van der Waals surface area contributed by atoms with Crippen molar-refractivity contribution >= 4 is 55.5 Å². The number of halogens is 1. The number of ether oxygens (including phenoxy) is 1. The zero-order valence-corrected chi connectivity index (χ0v) is 18.7. The fourth-order valence-electron chi connectivity index (χ4n) is 2.93. The van der Waals surface area contributed by atoms with Crippen LogP contribution in [0.2, 0.25) is 5.15 Å². The number of amides is 2. The van der Waals surface area contributed by atoms with Gasteiger partial charge in [0.2, 0.25) is 0 Å². The molecule has 1 saturated heterocycles. The second-order valence-corrected chi connectivity index (χ2v) is 10.4. The Hall–Kier alpha value is -1.92. The maximum atomic E-state index is 12.6. The van der Waals surface area contributed by atoms with Gasteiger partial charge in [-0.15, -0.1) is 0 Å². The summed E-state index contributed by atoms with van der Waals surface area (Å²) in [5.74, 6) is 0. The molecule has 0 bridgehead atoms. The molecule has 2 fully saturated rings. The Morgan fingerprint density at radius 3 is 2.57 bits per heavy atom. The van der Waals surface area contributed by atoms with Crippen LogP contribution in [-0.4, -0.2) is 58.8 Å². The molecule has 2 aromatic rings. The number of benzene rings is 1. The quantitative estimate of drug-likeness (QED) is 0.671. The predicted molar refractivity (Wildman–Crippen MR) is 117 cm³/mol. The number of rotatable bonds is 6. The van der Waals surface area contributed by atoms with Crippen molar-refractivity contribution < 1.29 is 17.9 Å². The van der Waals surface area contributed by atoms with Crippen LogP contribution in [-0.2, 0) is 14.8 Å². The second-order valence-electron chi connectivity index (χ2n) is 7.11. The average molecular weight is 472 g/mol. The van der Waals surface area contributed by atoms with E-state index in [1.165, 1.54) is 11.9 Å². The number of hydrogen-bond acceptors (Lipinski definition) is 7. The largest absolute Gasteiger partial charge is 0.378 e. The van der Waals surface area contributed by atoms with E-state index >= 15 is 0 Å². The van der Waals surface area contributed by atoms with E-state index in [0.717, 1.165) is 43.0 Å². The van der Waals surface area contributed by atoms with Gasteiger partial charge >= 0.3 is 6.03 Å². The van der Waals surface area contributed by atoms with Gasteiger partial charge in [-0.1, -0.05) is 22.9 Å². The summed E-state index contributed by atoms with van der Waals surface area (Å²) in [5, 5.41) is 2.83. The Labute approximate surface area is 184 Å². The average Bonchev–Trinajstić information content (AvgIpc) is 3.45. The van der Waals surface area contributed by atoms with Crippen molar-refractivity contribution in [2.75, 3.05) is 48.5 Å². The lowest BCUT2D eigenvalue weighted by molar-refractivity contribution is 0.122. The Morgan fingerprint density at radius 2 is 1.93 bits per heavy atom. The van der Waals surface area contributed by atoms with Crippen LogP contribution in [0.4, 0.5) is 21.3 Å². The first kappa shape index (κ1) is 21.3. The van der Waals surface area contributed by atoms with Crippen molar-refractivity contribution in [1.82, 2.24) is 9.71 Å². The Morgan fingerprint density at radius 1 is 1.27 bits per heavy atom. The molecule has 1 aromatic heterocycles. The predicted octanol–water partition coefficient (Wildman–Crippen LogP) is 2.74. The molecule has 162 valence electrons. The highest BCUT2D eigenvalue weighted by molar-refractivity contribution is 7.91. The molecule has 0 spiro atoms. The van der Waals surface area contributed by atoms with Crippen LogP contribution in [0.25, 0.3) is 0 Å². The Kier molecular flexibility index (Phi) is 6.16. The van der Waals surface area contributed by atoms with Crippen LogP contribution in [0.5, 0.6) is 0 Å². The zero-order valence-electron chi connectivity index (χ0n) is 16.3. The van der Waals surface area contributed by atoms with E-state index in [4.69, 9.17) is 16.3 Å². The molecular weight excluding hydrogens is 450 g/mol. The summed E-state index contributed by atoms with van der Waals surface area (Å²) < 4.78 is 32.7. The summed E-state index contributed by atoms with van der Waals surface area (Å²) in [5.41, 5.74) is 1.68. The third-order valence-corrected chi connectivity index (χ3v) is 8.43. The maximum absolute atomic E-state index is 12.6. The highest BCUT2D eigenvalue weighted by Crippen LogP contribution is 2.34. The number of urea groups is 1. The van der Waals surface area contributed by atoms with Gasteiger partial charge in [-0.3, -0.25) is 4.90 Å². The normalized spacial score (nSPS) is 17.1. The van der Waals surface area contributed by atoms with Crippen molar-refractivity contribution in [2.24, 2.45) is 0 Å². The lowest BCUT2D eigenvalue weighted by atomic mass is 10.2. The maximum Gasteiger partial charge on any atom is 0.327 e. The van der Waals surface area contributed by atoms with Crippen LogP contribution in [0.3, 0.4) is 0 Å². The second kappa shape index (κ2) is 8.67. The monoisotopic (exact) mass is 471 g/mol. The standard InChI is InChI=1S/C18H22ClN5O4S2/c1-23(18-21-15(19)16(29-18)30(26,27)22-13-2-3-13)17(25)20-12-4-6-14(7-5-12)24-8-10-28-11-9-24/h4-7,13,22H,2-3,8-11H2,1H3,(H,20,25). The van der Waals surface area contributed by atoms with E-state index in [1.54, 1.807) is 0 Å². The minimum Gasteiger partial charge on any atom is -0.378 e. The molecule has 2 aliphatic rings. The third-order valence-electron chi connectivity index (χ3n) is 4.78. The number of nitrogens with zero attached hydrogens (tertiary/aromatic N) is 3. The van der Waals surface area contributed by atoms with E-state index < -0.39 is 16.1 Å². The number of hydrogen-bond donors (Lipinski definition) is 2. The molecule has 2 amide bonds. The van der Waals surface area contributed by atoms with Gasteiger partial charge in [0, 0.05) is 37.6 Å². The molecule has 1 saturated carbocycles. The van der Waals surface area contributed by atoms with Crippen molar-refractivity contribution in [3.05, 3.63) is 29.4 Å². The minimum absolute atomic E-state index is 0.0434. The molecule has 1 aliphatic carbocycles. The van der Waals surface area contributed by atoms with E-state index in [1.807, 2.05) is 24.3 Å². The molecule has 0 atom stereocenters. The van der Waals surface area contributed by atoms with E-state index in [-0.39, 0.29) is 20.5 Å². The summed E-state index contributed by atoms with van der Waals surface area (Å²) in [6.07, 6.45) is 1.63. The first-order valence-electron chi connectivity index (χ1n) is 9.49. The number of aromatic nitrogens is 1. The first-order chi connectivity index (χ1) is 14.3. The Bertz CT molecular complexity index is 1020. The van der Waals surface area contributed by atoms with E-state index in [9.17, 15) is 13.2 Å². The smallest absolute Gasteiger partial charge is 0.327 e. The van der Waals surface area contributed by atoms with Gasteiger partial charge in [0.15, 0.2) is 14.5 Å². The highest BCUT2D eigenvalue weighted by atomic mass is 35.5. The van der Waals surface area contributed by atoms with Crippen LogP contribution < -0.4 is 19.8 Å².